The second-order valence-electron chi connectivity index (χ2n) is 6.24. The van der Waals surface area contributed by atoms with E-state index in [0.717, 1.165) is 38.2 Å². The summed E-state index contributed by atoms with van der Waals surface area (Å²) in [4.78, 5) is 16.9. The molecule has 1 atom stereocenters. The summed E-state index contributed by atoms with van der Waals surface area (Å²) in [5.41, 5.74) is 2.09. The number of nitrogens with zero attached hydrogens (tertiary/aromatic N) is 2. The first kappa shape index (κ1) is 13.5. The number of anilines is 1. The molecule has 0 radical (unpaired) electrons. The quantitative estimate of drug-likeness (QED) is 0.825. The van der Waals surface area contributed by atoms with E-state index < -0.39 is 0 Å². The molecule has 20 heavy (non-hydrogen) atoms. The molecule has 0 aromatic heterocycles. The molecule has 2 saturated heterocycles. The normalized spacial score (nSPS) is 23.1. The zero-order valence-electron chi connectivity index (χ0n) is 12.3. The summed E-state index contributed by atoms with van der Waals surface area (Å²) >= 11 is 0. The van der Waals surface area contributed by atoms with Crippen molar-refractivity contribution in [2.75, 3.05) is 31.1 Å². The molecule has 1 unspecified atom stereocenters. The van der Waals surface area contributed by atoms with Crippen molar-refractivity contribution in [3.8, 4) is 0 Å². The number of amides is 1. The fraction of sp³-hybridized carbons (Fsp3) is 0.588. The molecule has 0 N–H and O–H groups in total. The van der Waals surface area contributed by atoms with Gasteiger partial charge in [0.1, 0.15) is 0 Å². The Morgan fingerprint density at radius 1 is 1.05 bits per heavy atom. The van der Waals surface area contributed by atoms with Crippen molar-refractivity contribution in [1.29, 1.82) is 0 Å². The first-order chi connectivity index (χ1) is 9.74. The summed E-state index contributed by atoms with van der Waals surface area (Å²) in [5.74, 6) is 0.834. The zero-order valence-corrected chi connectivity index (χ0v) is 12.3. The van der Waals surface area contributed by atoms with Crippen LogP contribution in [-0.2, 0) is 0 Å². The van der Waals surface area contributed by atoms with Crippen molar-refractivity contribution in [2.45, 2.75) is 32.6 Å². The van der Waals surface area contributed by atoms with Crippen LogP contribution < -0.4 is 4.90 Å². The van der Waals surface area contributed by atoms with Crippen LogP contribution in [0.1, 0.15) is 43.0 Å². The lowest BCUT2D eigenvalue weighted by molar-refractivity contribution is 0.0683. The number of carbonyl (C=O) groups is 1. The number of hydrogen-bond acceptors (Lipinski definition) is 2. The minimum absolute atomic E-state index is 0.199. The van der Waals surface area contributed by atoms with Crippen molar-refractivity contribution in [3.05, 3.63) is 29.8 Å². The summed E-state index contributed by atoms with van der Waals surface area (Å²) in [6, 6.07) is 8.20. The van der Waals surface area contributed by atoms with Crippen LogP contribution in [0.3, 0.4) is 0 Å². The number of likely N-dealkylation sites (tertiary alicyclic amines) is 1. The number of benzene rings is 1. The Labute approximate surface area is 121 Å². The van der Waals surface area contributed by atoms with Gasteiger partial charge in [-0.15, -0.1) is 0 Å². The molecule has 2 heterocycles. The summed E-state index contributed by atoms with van der Waals surface area (Å²) in [6.45, 7) is 6.35. The summed E-state index contributed by atoms with van der Waals surface area (Å²) in [5, 5.41) is 0. The monoisotopic (exact) mass is 272 g/mol. The van der Waals surface area contributed by atoms with E-state index >= 15 is 0 Å². The third kappa shape index (κ3) is 2.82. The number of carbonyl (C=O) groups excluding carboxylic acids is 1. The maximum atomic E-state index is 12.5. The molecular weight excluding hydrogens is 248 g/mol. The van der Waals surface area contributed by atoms with Crippen molar-refractivity contribution in [2.24, 2.45) is 5.92 Å². The van der Waals surface area contributed by atoms with Crippen LogP contribution in [0.15, 0.2) is 24.3 Å². The van der Waals surface area contributed by atoms with Gasteiger partial charge in [0, 0.05) is 37.4 Å². The maximum absolute atomic E-state index is 12.5. The number of hydrogen-bond donors (Lipinski definition) is 0. The van der Waals surface area contributed by atoms with E-state index in [-0.39, 0.29) is 5.91 Å². The Balaban J connectivity index is 1.68. The second kappa shape index (κ2) is 5.86. The van der Waals surface area contributed by atoms with Gasteiger partial charge in [0.15, 0.2) is 0 Å². The van der Waals surface area contributed by atoms with E-state index in [1.54, 1.807) is 0 Å². The Morgan fingerprint density at radius 2 is 1.75 bits per heavy atom. The van der Waals surface area contributed by atoms with E-state index in [0.29, 0.717) is 5.92 Å². The SMILES string of the molecule is CC1CCCN(C(=O)c2ccc(N3CCCC3)cc2)C1. The highest BCUT2D eigenvalue weighted by Crippen LogP contribution is 2.22. The Morgan fingerprint density at radius 3 is 2.40 bits per heavy atom. The average molecular weight is 272 g/mol. The second-order valence-corrected chi connectivity index (χ2v) is 6.24. The van der Waals surface area contributed by atoms with Crippen molar-refractivity contribution in [3.63, 3.8) is 0 Å². The highest BCUT2D eigenvalue weighted by atomic mass is 16.2. The highest BCUT2D eigenvalue weighted by molar-refractivity contribution is 5.94. The molecule has 3 heteroatoms. The first-order valence-electron chi connectivity index (χ1n) is 7.88. The highest BCUT2D eigenvalue weighted by Gasteiger charge is 2.22. The van der Waals surface area contributed by atoms with Gasteiger partial charge in [0.25, 0.3) is 5.91 Å². The standard InChI is InChI=1S/C17H24N2O/c1-14-5-4-12-19(13-14)17(20)15-6-8-16(9-7-15)18-10-2-3-11-18/h6-9,14H,2-5,10-13H2,1H3. The predicted molar refractivity (Wildman–Crippen MR) is 82.2 cm³/mol. The molecule has 1 aromatic carbocycles. The molecule has 3 rings (SSSR count). The van der Waals surface area contributed by atoms with Crippen molar-refractivity contribution < 1.29 is 4.79 Å². The van der Waals surface area contributed by atoms with E-state index in [2.05, 4.69) is 24.0 Å². The van der Waals surface area contributed by atoms with Gasteiger partial charge >= 0.3 is 0 Å². The molecule has 2 aliphatic rings. The molecule has 2 fully saturated rings. The van der Waals surface area contributed by atoms with Gasteiger partial charge in [-0.05, 0) is 55.9 Å². The van der Waals surface area contributed by atoms with Gasteiger partial charge in [0.2, 0.25) is 0 Å². The Hall–Kier alpha value is -1.51. The molecular formula is C17H24N2O. The van der Waals surface area contributed by atoms with Gasteiger partial charge in [-0.1, -0.05) is 6.92 Å². The minimum atomic E-state index is 0.199. The topological polar surface area (TPSA) is 23.6 Å². The minimum Gasteiger partial charge on any atom is -0.372 e. The van der Waals surface area contributed by atoms with Crippen LogP contribution in [0.2, 0.25) is 0 Å². The molecule has 3 nitrogen and oxygen atoms in total. The summed E-state index contributed by atoms with van der Waals surface area (Å²) in [7, 11) is 0. The van der Waals surface area contributed by atoms with Gasteiger partial charge in [-0.3, -0.25) is 4.79 Å². The van der Waals surface area contributed by atoms with Crippen molar-refractivity contribution in [1.82, 2.24) is 4.90 Å². The van der Waals surface area contributed by atoms with Crippen LogP contribution in [0, 0.1) is 5.92 Å². The fourth-order valence-corrected chi connectivity index (χ4v) is 3.35. The lowest BCUT2D eigenvalue weighted by Crippen LogP contribution is -2.39. The summed E-state index contributed by atoms with van der Waals surface area (Å²) in [6.07, 6.45) is 4.95. The maximum Gasteiger partial charge on any atom is 0.253 e. The molecule has 2 aliphatic heterocycles. The van der Waals surface area contributed by atoms with Gasteiger partial charge in [-0.2, -0.15) is 0 Å². The van der Waals surface area contributed by atoms with E-state index in [1.165, 1.54) is 24.9 Å². The van der Waals surface area contributed by atoms with Crippen LogP contribution >= 0.6 is 0 Å². The van der Waals surface area contributed by atoms with Gasteiger partial charge in [-0.25, -0.2) is 0 Å². The average Bonchev–Trinajstić information content (AvgIpc) is 3.01. The molecule has 0 bridgehead atoms. The predicted octanol–water partition coefficient (Wildman–Crippen LogP) is 3.16. The smallest absolute Gasteiger partial charge is 0.253 e. The lowest BCUT2D eigenvalue weighted by atomic mass is 9.99. The molecule has 0 aliphatic carbocycles. The molecule has 0 saturated carbocycles. The van der Waals surface area contributed by atoms with E-state index in [9.17, 15) is 4.79 Å². The number of rotatable bonds is 2. The molecule has 0 spiro atoms. The first-order valence-corrected chi connectivity index (χ1v) is 7.88. The van der Waals surface area contributed by atoms with Gasteiger partial charge in [0.05, 0.1) is 0 Å². The van der Waals surface area contributed by atoms with E-state index in [4.69, 9.17) is 0 Å². The van der Waals surface area contributed by atoms with Crippen molar-refractivity contribution >= 4 is 11.6 Å². The lowest BCUT2D eigenvalue weighted by Gasteiger charge is -2.31. The van der Waals surface area contributed by atoms with Crippen LogP contribution in [0.25, 0.3) is 0 Å². The van der Waals surface area contributed by atoms with Crippen LogP contribution in [0.5, 0.6) is 0 Å². The van der Waals surface area contributed by atoms with E-state index in [1.807, 2.05) is 17.0 Å². The van der Waals surface area contributed by atoms with Crippen LogP contribution in [0.4, 0.5) is 5.69 Å². The third-order valence-electron chi connectivity index (χ3n) is 4.53. The third-order valence-corrected chi connectivity index (χ3v) is 4.53. The zero-order chi connectivity index (χ0) is 13.9. The largest absolute Gasteiger partial charge is 0.372 e. The summed E-state index contributed by atoms with van der Waals surface area (Å²) < 4.78 is 0. The Bertz CT molecular complexity index is 462. The molecule has 1 aromatic rings. The van der Waals surface area contributed by atoms with Gasteiger partial charge < -0.3 is 9.80 Å². The molecule has 1 amide bonds. The number of piperidine rings is 1. The Kier molecular flexibility index (Phi) is 3.95. The molecule has 108 valence electrons. The van der Waals surface area contributed by atoms with Crippen LogP contribution in [-0.4, -0.2) is 37.0 Å². The fourth-order valence-electron chi connectivity index (χ4n) is 3.35.